The van der Waals surface area contributed by atoms with Crippen LogP contribution >= 0.6 is 11.6 Å². The van der Waals surface area contributed by atoms with E-state index >= 15 is 0 Å². The van der Waals surface area contributed by atoms with Gasteiger partial charge < -0.3 is 10.2 Å². The molecule has 4 saturated heterocycles. The van der Waals surface area contributed by atoms with E-state index in [0.29, 0.717) is 23.5 Å². The van der Waals surface area contributed by atoms with Crippen molar-refractivity contribution in [3.63, 3.8) is 0 Å². The van der Waals surface area contributed by atoms with Gasteiger partial charge in [0.05, 0.1) is 0 Å². The first-order valence-corrected chi connectivity index (χ1v) is 15.8. The maximum atomic E-state index is 13.1. The van der Waals surface area contributed by atoms with Gasteiger partial charge in [0.1, 0.15) is 0 Å². The minimum atomic E-state index is 0.225. The Morgan fingerprint density at radius 1 is 1.02 bits per heavy atom. The van der Waals surface area contributed by atoms with Crippen molar-refractivity contribution in [1.82, 2.24) is 20.0 Å². The van der Waals surface area contributed by atoms with Gasteiger partial charge in [0, 0.05) is 68.0 Å². The Balaban J connectivity index is 1.00. The van der Waals surface area contributed by atoms with E-state index < -0.39 is 0 Å². The standard InChI is InChI=1S/C34H43ClN4O/c1-34(2)12-11-25(32(16-34)24-6-8-27(35)9-7-24)19-38-29-15-30(38)22-37(21-29)18-23-5-10-31-26(14-23)20-39(33(31)40)28-4-3-13-36-17-28/h5-10,14,28-30,36H,3-4,11-13,15-22H2,1-2H3. The highest BCUT2D eigenvalue weighted by Gasteiger charge is 2.45. The van der Waals surface area contributed by atoms with Crippen molar-refractivity contribution in [3.05, 3.63) is 75.3 Å². The van der Waals surface area contributed by atoms with Crippen molar-refractivity contribution in [2.45, 2.75) is 83.6 Å². The SMILES string of the molecule is CC1(C)CCC(CN2C3CC2CN(Cc2ccc4c(c2)CN(C2CCCNC2)C4=O)C3)=C(c2ccc(Cl)cc2)C1. The van der Waals surface area contributed by atoms with Crippen molar-refractivity contribution in [1.29, 1.82) is 0 Å². The highest BCUT2D eigenvalue weighted by atomic mass is 35.5. The number of piperazine rings is 1. The number of allylic oxidation sites excluding steroid dienone is 1. The van der Waals surface area contributed by atoms with Gasteiger partial charge in [0.15, 0.2) is 0 Å². The second-order valence-corrected chi connectivity index (χ2v) is 14.2. The molecule has 2 bridgehead atoms. The molecule has 5 heterocycles. The van der Waals surface area contributed by atoms with Gasteiger partial charge >= 0.3 is 0 Å². The third-order valence-corrected chi connectivity index (χ3v) is 10.5. The Hall–Kier alpha value is -2.18. The van der Waals surface area contributed by atoms with Crippen LogP contribution in [0.15, 0.2) is 48.0 Å². The van der Waals surface area contributed by atoms with Gasteiger partial charge in [-0.1, -0.05) is 55.3 Å². The summed E-state index contributed by atoms with van der Waals surface area (Å²) >= 11 is 6.22. The first-order chi connectivity index (χ1) is 19.3. The number of rotatable bonds is 6. The second-order valence-electron chi connectivity index (χ2n) is 13.8. The fourth-order valence-corrected chi connectivity index (χ4v) is 8.12. The lowest BCUT2D eigenvalue weighted by atomic mass is 9.72. The van der Waals surface area contributed by atoms with E-state index in [-0.39, 0.29) is 5.91 Å². The monoisotopic (exact) mass is 558 g/mol. The number of carbonyl (C=O) groups is 1. The molecule has 3 atom stereocenters. The van der Waals surface area contributed by atoms with E-state index in [1.54, 1.807) is 11.1 Å². The quantitative estimate of drug-likeness (QED) is 0.474. The molecule has 4 fully saturated rings. The molecule has 1 aliphatic carbocycles. The Kier molecular flexibility index (Phi) is 7.06. The molecule has 5 nitrogen and oxygen atoms in total. The number of fused-ring (bicyclic) bond motifs is 3. The zero-order valence-electron chi connectivity index (χ0n) is 24.1. The molecule has 212 valence electrons. The first kappa shape index (κ1) is 26.7. The number of nitrogens with zero attached hydrogens (tertiary/aromatic N) is 3. The number of nitrogens with one attached hydrogen (secondary N) is 1. The van der Waals surface area contributed by atoms with Gasteiger partial charge in [0.25, 0.3) is 5.91 Å². The Morgan fingerprint density at radius 2 is 1.82 bits per heavy atom. The number of carbonyl (C=O) groups excluding carboxylic acids is 1. The van der Waals surface area contributed by atoms with Gasteiger partial charge in [0.2, 0.25) is 0 Å². The van der Waals surface area contributed by atoms with Crippen molar-refractivity contribution < 1.29 is 4.79 Å². The highest BCUT2D eigenvalue weighted by molar-refractivity contribution is 6.30. The third-order valence-electron chi connectivity index (χ3n) is 10.3. The topological polar surface area (TPSA) is 38.8 Å². The summed E-state index contributed by atoms with van der Waals surface area (Å²) in [4.78, 5) is 20.6. The lowest BCUT2D eigenvalue weighted by Crippen LogP contribution is -2.68. The van der Waals surface area contributed by atoms with Crippen LogP contribution in [0.2, 0.25) is 5.02 Å². The van der Waals surface area contributed by atoms with E-state index in [2.05, 4.69) is 64.2 Å². The fourth-order valence-electron chi connectivity index (χ4n) is 7.99. The molecule has 2 aromatic carbocycles. The maximum absolute atomic E-state index is 13.1. The van der Waals surface area contributed by atoms with E-state index in [1.807, 2.05) is 12.1 Å². The lowest BCUT2D eigenvalue weighted by molar-refractivity contribution is -0.0660. The van der Waals surface area contributed by atoms with Crippen LogP contribution in [0.3, 0.4) is 0 Å². The van der Waals surface area contributed by atoms with Crippen LogP contribution in [-0.4, -0.2) is 71.5 Å². The van der Waals surface area contributed by atoms with Gasteiger partial charge in [-0.25, -0.2) is 0 Å². The molecule has 0 spiro atoms. The van der Waals surface area contributed by atoms with Crippen LogP contribution in [0, 0.1) is 5.41 Å². The first-order valence-electron chi connectivity index (χ1n) is 15.4. The summed E-state index contributed by atoms with van der Waals surface area (Å²) in [6.45, 7) is 12.0. The molecule has 6 aliphatic rings. The summed E-state index contributed by atoms with van der Waals surface area (Å²) in [5.41, 5.74) is 8.40. The van der Waals surface area contributed by atoms with E-state index in [4.69, 9.17) is 11.6 Å². The molecule has 3 unspecified atom stereocenters. The van der Waals surface area contributed by atoms with Gasteiger partial charge in [-0.2, -0.15) is 0 Å². The molecular formula is C34H43ClN4O. The molecule has 8 rings (SSSR count). The highest BCUT2D eigenvalue weighted by Crippen LogP contribution is 2.45. The molecule has 0 radical (unpaired) electrons. The number of amides is 1. The molecule has 2 aromatic rings. The Morgan fingerprint density at radius 3 is 2.58 bits per heavy atom. The predicted molar refractivity (Wildman–Crippen MR) is 162 cm³/mol. The summed E-state index contributed by atoms with van der Waals surface area (Å²) in [5, 5.41) is 4.28. The molecule has 1 N–H and O–H groups in total. The van der Waals surface area contributed by atoms with Gasteiger partial charge in [-0.05, 0) is 90.9 Å². The van der Waals surface area contributed by atoms with Crippen molar-refractivity contribution >= 4 is 23.1 Å². The zero-order valence-corrected chi connectivity index (χ0v) is 24.8. The van der Waals surface area contributed by atoms with Crippen LogP contribution in [0.5, 0.6) is 0 Å². The smallest absolute Gasteiger partial charge is 0.254 e. The van der Waals surface area contributed by atoms with Crippen LogP contribution in [0.25, 0.3) is 5.57 Å². The molecule has 0 saturated carbocycles. The molecule has 6 heteroatoms. The number of piperidine rings is 2. The molecule has 0 aromatic heterocycles. The maximum Gasteiger partial charge on any atom is 0.254 e. The minimum Gasteiger partial charge on any atom is -0.330 e. The minimum absolute atomic E-state index is 0.225. The predicted octanol–water partition coefficient (Wildman–Crippen LogP) is 5.97. The van der Waals surface area contributed by atoms with Crippen molar-refractivity contribution in [2.75, 3.05) is 32.7 Å². The van der Waals surface area contributed by atoms with Gasteiger partial charge in [-0.15, -0.1) is 0 Å². The molecule has 1 amide bonds. The van der Waals surface area contributed by atoms with E-state index in [0.717, 1.165) is 75.7 Å². The summed E-state index contributed by atoms with van der Waals surface area (Å²) in [6.07, 6.45) is 7.21. The molecule has 5 aliphatic heterocycles. The zero-order chi connectivity index (χ0) is 27.4. The van der Waals surface area contributed by atoms with Crippen LogP contribution in [0.4, 0.5) is 0 Å². The van der Waals surface area contributed by atoms with Crippen LogP contribution in [0.1, 0.15) is 79.4 Å². The fraction of sp³-hybridized carbons (Fsp3) is 0.559. The molecule has 40 heavy (non-hydrogen) atoms. The normalized spacial score (nSPS) is 28.5. The van der Waals surface area contributed by atoms with Crippen molar-refractivity contribution in [3.8, 4) is 0 Å². The summed E-state index contributed by atoms with van der Waals surface area (Å²) < 4.78 is 0. The van der Waals surface area contributed by atoms with E-state index in [9.17, 15) is 4.79 Å². The summed E-state index contributed by atoms with van der Waals surface area (Å²) in [6, 6.07) is 16.8. The largest absolute Gasteiger partial charge is 0.330 e. The average molecular weight is 559 g/mol. The van der Waals surface area contributed by atoms with Crippen LogP contribution < -0.4 is 5.32 Å². The van der Waals surface area contributed by atoms with Crippen LogP contribution in [-0.2, 0) is 13.1 Å². The van der Waals surface area contributed by atoms with Gasteiger partial charge in [-0.3, -0.25) is 14.6 Å². The third kappa shape index (κ3) is 5.15. The second kappa shape index (κ2) is 10.6. The number of benzene rings is 2. The van der Waals surface area contributed by atoms with Crippen molar-refractivity contribution in [2.24, 2.45) is 5.41 Å². The number of hydrogen-bond acceptors (Lipinski definition) is 4. The molecular weight excluding hydrogens is 516 g/mol. The summed E-state index contributed by atoms with van der Waals surface area (Å²) in [7, 11) is 0. The number of halogens is 1. The number of hydrogen-bond donors (Lipinski definition) is 1. The van der Waals surface area contributed by atoms with E-state index in [1.165, 1.54) is 36.0 Å². The Bertz CT molecular complexity index is 1300. The average Bonchev–Trinajstić information content (AvgIpc) is 3.28. The lowest BCUT2D eigenvalue weighted by Gasteiger charge is -2.57. The Labute approximate surface area is 244 Å². The summed E-state index contributed by atoms with van der Waals surface area (Å²) in [5.74, 6) is 0.225.